The summed E-state index contributed by atoms with van der Waals surface area (Å²) in [5.41, 5.74) is -0.0579. The third-order valence-electron chi connectivity index (χ3n) is 1.47. The quantitative estimate of drug-likeness (QED) is 0.481. The average Bonchev–Trinajstić information content (AvgIpc) is 2.22. The first-order valence-electron chi connectivity index (χ1n) is 3.79. The molecule has 0 saturated carbocycles. The average molecular weight is 196 g/mol. The maximum atomic E-state index is 10.3. The minimum atomic E-state index is -2.79. The second kappa shape index (κ2) is 5.16. The zero-order valence-electron chi connectivity index (χ0n) is 7.55. The Balaban J connectivity index is 0.000000791. The van der Waals surface area contributed by atoms with Gasteiger partial charge < -0.3 is 15.3 Å². The van der Waals surface area contributed by atoms with Gasteiger partial charge in [0.1, 0.15) is 0 Å². The summed E-state index contributed by atoms with van der Waals surface area (Å²) >= 11 is 0. The third-order valence-corrected chi connectivity index (χ3v) is 1.47. The van der Waals surface area contributed by atoms with Gasteiger partial charge in [0.25, 0.3) is 5.79 Å². The molecule has 0 atom stereocenters. The van der Waals surface area contributed by atoms with Crippen molar-refractivity contribution in [3.8, 4) is 0 Å². The standard InChI is InChI=1S/C8H8O4.C2H4/c9-7(10)8(11,12)6-4-2-1-3-5-6;1-2/h1-5,11-12H,(H,9,10);1-2H2. The Morgan fingerprint density at radius 3 is 1.93 bits per heavy atom. The van der Waals surface area contributed by atoms with E-state index in [4.69, 9.17) is 15.3 Å². The Bertz CT molecular complexity index is 292. The first-order valence-corrected chi connectivity index (χ1v) is 3.79. The predicted octanol–water partition coefficient (Wildman–Crippen LogP) is 0.711. The Hall–Kier alpha value is -1.65. The lowest BCUT2D eigenvalue weighted by Gasteiger charge is -2.15. The number of hydrogen-bond donors (Lipinski definition) is 3. The van der Waals surface area contributed by atoms with E-state index in [1.807, 2.05) is 0 Å². The van der Waals surface area contributed by atoms with Crippen molar-refractivity contribution in [2.75, 3.05) is 0 Å². The number of benzene rings is 1. The van der Waals surface area contributed by atoms with Gasteiger partial charge in [-0.25, -0.2) is 4.79 Å². The molecule has 0 heterocycles. The van der Waals surface area contributed by atoms with Gasteiger partial charge in [-0.05, 0) is 0 Å². The first kappa shape index (κ1) is 12.4. The summed E-state index contributed by atoms with van der Waals surface area (Å²) < 4.78 is 0. The Labute approximate surface area is 81.8 Å². The minimum absolute atomic E-state index is 0.0579. The van der Waals surface area contributed by atoms with Gasteiger partial charge in [0.05, 0.1) is 0 Å². The lowest BCUT2D eigenvalue weighted by molar-refractivity contribution is -0.208. The van der Waals surface area contributed by atoms with Crippen molar-refractivity contribution < 1.29 is 20.1 Å². The Morgan fingerprint density at radius 2 is 1.57 bits per heavy atom. The number of rotatable bonds is 2. The van der Waals surface area contributed by atoms with E-state index in [0.717, 1.165) is 0 Å². The van der Waals surface area contributed by atoms with Crippen molar-refractivity contribution in [1.82, 2.24) is 0 Å². The number of aliphatic hydroxyl groups is 2. The summed E-state index contributed by atoms with van der Waals surface area (Å²) in [5.74, 6) is -4.48. The van der Waals surface area contributed by atoms with E-state index in [1.165, 1.54) is 24.3 Å². The van der Waals surface area contributed by atoms with Crippen molar-refractivity contribution in [3.63, 3.8) is 0 Å². The molecule has 1 rings (SSSR count). The molecule has 0 aliphatic rings. The molecule has 0 unspecified atom stereocenters. The molecular weight excluding hydrogens is 184 g/mol. The highest BCUT2D eigenvalue weighted by Crippen LogP contribution is 2.16. The van der Waals surface area contributed by atoms with E-state index < -0.39 is 11.8 Å². The molecule has 0 spiro atoms. The lowest BCUT2D eigenvalue weighted by atomic mass is 10.1. The van der Waals surface area contributed by atoms with Gasteiger partial charge in [0.15, 0.2) is 0 Å². The van der Waals surface area contributed by atoms with Crippen molar-refractivity contribution in [3.05, 3.63) is 49.1 Å². The SMILES string of the molecule is C=C.O=C(O)C(O)(O)c1ccccc1. The van der Waals surface area contributed by atoms with E-state index in [1.54, 1.807) is 6.07 Å². The molecule has 0 bridgehead atoms. The maximum Gasteiger partial charge on any atom is 0.369 e. The summed E-state index contributed by atoms with van der Waals surface area (Å²) in [5, 5.41) is 26.4. The summed E-state index contributed by atoms with van der Waals surface area (Å²) in [6, 6.07) is 7.36. The van der Waals surface area contributed by atoms with Gasteiger partial charge in [0, 0.05) is 5.56 Å². The van der Waals surface area contributed by atoms with Crippen LogP contribution in [0.4, 0.5) is 0 Å². The smallest absolute Gasteiger partial charge is 0.369 e. The van der Waals surface area contributed by atoms with Crippen LogP contribution in [-0.2, 0) is 10.6 Å². The highest BCUT2D eigenvalue weighted by Gasteiger charge is 2.34. The fourth-order valence-corrected chi connectivity index (χ4v) is 0.794. The molecule has 0 aliphatic heterocycles. The van der Waals surface area contributed by atoms with Crippen LogP contribution in [0.1, 0.15) is 5.56 Å². The van der Waals surface area contributed by atoms with Gasteiger partial charge in [-0.15, -0.1) is 13.2 Å². The molecule has 0 radical (unpaired) electrons. The largest absolute Gasteiger partial charge is 0.477 e. The molecule has 0 fully saturated rings. The Morgan fingerprint density at radius 1 is 1.14 bits per heavy atom. The molecular formula is C10H12O4. The van der Waals surface area contributed by atoms with Crippen LogP contribution in [0, 0.1) is 0 Å². The summed E-state index contributed by atoms with van der Waals surface area (Å²) in [7, 11) is 0. The van der Waals surface area contributed by atoms with Gasteiger partial charge >= 0.3 is 5.97 Å². The monoisotopic (exact) mass is 196 g/mol. The second-order valence-corrected chi connectivity index (χ2v) is 2.34. The summed E-state index contributed by atoms with van der Waals surface area (Å²) in [6.45, 7) is 6.00. The number of aliphatic carboxylic acids is 1. The number of hydrogen-bond acceptors (Lipinski definition) is 3. The molecule has 4 heteroatoms. The van der Waals surface area contributed by atoms with Crippen LogP contribution in [0.15, 0.2) is 43.5 Å². The molecule has 1 aromatic rings. The highest BCUT2D eigenvalue weighted by molar-refractivity contribution is 5.76. The molecule has 1 aromatic carbocycles. The van der Waals surface area contributed by atoms with Crippen LogP contribution >= 0.6 is 0 Å². The van der Waals surface area contributed by atoms with E-state index >= 15 is 0 Å². The maximum absolute atomic E-state index is 10.3. The van der Waals surface area contributed by atoms with Crippen LogP contribution in [0.25, 0.3) is 0 Å². The van der Waals surface area contributed by atoms with E-state index in [-0.39, 0.29) is 5.56 Å². The van der Waals surface area contributed by atoms with Crippen molar-refractivity contribution in [2.24, 2.45) is 0 Å². The Kier molecular flexibility index (Phi) is 4.55. The van der Waals surface area contributed by atoms with Crippen LogP contribution < -0.4 is 0 Å². The van der Waals surface area contributed by atoms with Crippen molar-refractivity contribution in [2.45, 2.75) is 5.79 Å². The fourth-order valence-electron chi connectivity index (χ4n) is 0.794. The molecule has 0 saturated heterocycles. The third kappa shape index (κ3) is 2.69. The van der Waals surface area contributed by atoms with E-state index in [2.05, 4.69) is 13.2 Å². The van der Waals surface area contributed by atoms with Crippen molar-refractivity contribution >= 4 is 5.97 Å². The van der Waals surface area contributed by atoms with Crippen LogP contribution in [0.3, 0.4) is 0 Å². The molecule has 0 aromatic heterocycles. The van der Waals surface area contributed by atoms with Crippen molar-refractivity contribution in [1.29, 1.82) is 0 Å². The highest BCUT2D eigenvalue weighted by atomic mass is 16.5. The van der Waals surface area contributed by atoms with Gasteiger partial charge in [-0.1, -0.05) is 30.3 Å². The molecule has 4 nitrogen and oxygen atoms in total. The molecule has 0 amide bonds. The zero-order valence-corrected chi connectivity index (χ0v) is 7.55. The second-order valence-electron chi connectivity index (χ2n) is 2.34. The fraction of sp³-hybridized carbons (Fsp3) is 0.100. The first-order chi connectivity index (χ1) is 6.55. The number of carboxylic acids is 1. The topological polar surface area (TPSA) is 77.8 Å². The normalized spacial score (nSPS) is 9.86. The van der Waals surface area contributed by atoms with Gasteiger partial charge in [0.2, 0.25) is 0 Å². The predicted molar refractivity (Wildman–Crippen MR) is 51.4 cm³/mol. The van der Waals surface area contributed by atoms with Gasteiger partial charge in [-0.2, -0.15) is 0 Å². The summed E-state index contributed by atoms with van der Waals surface area (Å²) in [4.78, 5) is 10.3. The molecule has 0 aliphatic carbocycles. The van der Waals surface area contributed by atoms with E-state index in [9.17, 15) is 4.79 Å². The molecule has 76 valence electrons. The van der Waals surface area contributed by atoms with Crippen LogP contribution in [0.5, 0.6) is 0 Å². The lowest BCUT2D eigenvalue weighted by Crippen LogP contribution is -2.34. The number of carbonyl (C=O) groups is 1. The van der Waals surface area contributed by atoms with Gasteiger partial charge in [-0.3, -0.25) is 0 Å². The van der Waals surface area contributed by atoms with Crippen LogP contribution in [0.2, 0.25) is 0 Å². The van der Waals surface area contributed by atoms with E-state index in [0.29, 0.717) is 0 Å². The zero-order chi connectivity index (χ0) is 11.2. The molecule has 14 heavy (non-hydrogen) atoms. The summed E-state index contributed by atoms with van der Waals surface area (Å²) in [6.07, 6.45) is 0. The minimum Gasteiger partial charge on any atom is -0.477 e. The molecule has 3 N–H and O–H groups in total. The van der Waals surface area contributed by atoms with Crippen LogP contribution in [-0.4, -0.2) is 21.3 Å². The number of carboxylic acid groups (broad SMARTS) is 1.